The lowest BCUT2D eigenvalue weighted by atomic mass is 10.3. The molecule has 0 radical (unpaired) electrons. The van der Waals surface area contributed by atoms with Crippen LogP contribution >= 0.6 is 0 Å². The van der Waals surface area contributed by atoms with Crippen molar-refractivity contribution in [3.8, 4) is 5.75 Å². The molecule has 0 bridgehead atoms. The normalized spacial score (nSPS) is 11.3. The SMILES string of the molecule is COc1ccc(NS(=O)(=O)c2cnc(C)[nH]2)cc1F. The van der Waals surface area contributed by atoms with Gasteiger partial charge in [0.1, 0.15) is 5.82 Å². The van der Waals surface area contributed by atoms with E-state index in [2.05, 4.69) is 14.7 Å². The number of benzene rings is 1. The van der Waals surface area contributed by atoms with Gasteiger partial charge in [-0.2, -0.15) is 8.42 Å². The van der Waals surface area contributed by atoms with E-state index in [1.54, 1.807) is 6.92 Å². The molecule has 2 aromatic rings. The standard InChI is InChI=1S/C11H12FN3O3S/c1-7-13-6-11(14-7)19(16,17)15-8-3-4-10(18-2)9(12)5-8/h3-6,15H,1-2H3,(H,13,14). The fourth-order valence-electron chi connectivity index (χ4n) is 1.47. The maximum atomic E-state index is 13.5. The van der Waals surface area contributed by atoms with E-state index in [0.717, 1.165) is 6.07 Å². The summed E-state index contributed by atoms with van der Waals surface area (Å²) in [5, 5.41) is -0.0822. The molecule has 0 atom stereocenters. The number of halogens is 1. The predicted octanol–water partition coefficient (Wildman–Crippen LogP) is 1.67. The number of imidazole rings is 1. The van der Waals surface area contributed by atoms with E-state index in [1.807, 2.05) is 0 Å². The first kappa shape index (κ1) is 13.3. The summed E-state index contributed by atoms with van der Waals surface area (Å²) in [6, 6.07) is 3.79. The zero-order valence-electron chi connectivity index (χ0n) is 10.3. The number of aromatic amines is 1. The molecular weight excluding hydrogens is 273 g/mol. The van der Waals surface area contributed by atoms with Gasteiger partial charge in [0.05, 0.1) is 19.0 Å². The van der Waals surface area contributed by atoms with Crippen LogP contribution < -0.4 is 9.46 Å². The third-order valence-corrected chi connectivity index (χ3v) is 3.66. The highest BCUT2D eigenvalue weighted by Crippen LogP contribution is 2.22. The minimum absolute atomic E-state index is 0.0420. The number of nitrogens with one attached hydrogen (secondary N) is 2. The van der Waals surface area contributed by atoms with Gasteiger partial charge < -0.3 is 9.72 Å². The van der Waals surface area contributed by atoms with E-state index in [4.69, 9.17) is 4.74 Å². The Hall–Kier alpha value is -2.09. The lowest BCUT2D eigenvalue weighted by molar-refractivity contribution is 0.386. The molecule has 1 aromatic carbocycles. The molecule has 0 saturated heterocycles. The number of hydrogen-bond acceptors (Lipinski definition) is 4. The largest absolute Gasteiger partial charge is 0.494 e. The monoisotopic (exact) mass is 285 g/mol. The second-order valence-corrected chi connectivity index (χ2v) is 5.44. The molecule has 2 rings (SSSR count). The summed E-state index contributed by atoms with van der Waals surface area (Å²) < 4.78 is 44.3. The molecule has 0 aliphatic carbocycles. The molecular formula is C11H12FN3O3S. The maximum absolute atomic E-state index is 13.5. The number of methoxy groups -OCH3 is 1. The molecule has 102 valence electrons. The smallest absolute Gasteiger partial charge is 0.278 e. The molecule has 2 N–H and O–H groups in total. The molecule has 6 nitrogen and oxygen atoms in total. The lowest BCUT2D eigenvalue weighted by Crippen LogP contribution is -2.13. The van der Waals surface area contributed by atoms with Crippen molar-refractivity contribution in [2.24, 2.45) is 0 Å². The molecule has 0 amide bonds. The Kier molecular flexibility index (Phi) is 3.43. The first-order valence-corrected chi connectivity index (χ1v) is 6.78. The zero-order valence-corrected chi connectivity index (χ0v) is 11.1. The molecule has 8 heteroatoms. The Labute approximate surface area is 109 Å². The average molecular weight is 285 g/mol. The number of nitrogens with zero attached hydrogens (tertiary/aromatic N) is 1. The zero-order chi connectivity index (χ0) is 14.0. The highest BCUT2D eigenvalue weighted by Gasteiger charge is 2.17. The van der Waals surface area contributed by atoms with Crippen molar-refractivity contribution in [3.05, 3.63) is 36.0 Å². The van der Waals surface area contributed by atoms with Crippen LogP contribution in [-0.4, -0.2) is 25.5 Å². The van der Waals surface area contributed by atoms with Crippen molar-refractivity contribution < 1.29 is 17.5 Å². The van der Waals surface area contributed by atoms with E-state index in [-0.39, 0.29) is 16.5 Å². The molecule has 0 aliphatic rings. The van der Waals surface area contributed by atoms with Crippen molar-refractivity contribution in [2.75, 3.05) is 11.8 Å². The topological polar surface area (TPSA) is 84.1 Å². The minimum atomic E-state index is -3.80. The van der Waals surface area contributed by atoms with Gasteiger partial charge in [0, 0.05) is 6.07 Å². The van der Waals surface area contributed by atoms with Crippen molar-refractivity contribution in [1.82, 2.24) is 9.97 Å². The average Bonchev–Trinajstić information content (AvgIpc) is 2.76. The van der Waals surface area contributed by atoms with Crippen LogP contribution in [0.4, 0.5) is 10.1 Å². The number of hydrogen-bond donors (Lipinski definition) is 2. The van der Waals surface area contributed by atoms with Crippen LogP contribution in [0.15, 0.2) is 29.4 Å². The summed E-state index contributed by atoms with van der Waals surface area (Å²) in [6.45, 7) is 1.63. The number of sulfonamides is 1. The van der Waals surface area contributed by atoms with Gasteiger partial charge in [-0.05, 0) is 19.1 Å². The van der Waals surface area contributed by atoms with Crippen molar-refractivity contribution in [2.45, 2.75) is 11.9 Å². The van der Waals surface area contributed by atoms with Gasteiger partial charge in [0.15, 0.2) is 16.6 Å². The van der Waals surface area contributed by atoms with E-state index >= 15 is 0 Å². The van der Waals surface area contributed by atoms with Gasteiger partial charge >= 0.3 is 0 Å². The van der Waals surface area contributed by atoms with Crippen LogP contribution in [-0.2, 0) is 10.0 Å². The highest BCUT2D eigenvalue weighted by molar-refractivity contribution is 7.92. The second kappa shape index (κ2) is 4.88. The first-order valence-electron chi connectivity index (χ1n) is 5.30. The van der Waals surface area contributed by atoms with Gasteiger partial charge in [0.25, 0.3) is 10.0 Å². The summed E-state index contributed by atoms with van der Waals surface area (Å²) in [4.78, 5) is 6.39. The molecule has 0 spiro atoms. The van der Waals surface area contributed by atoms with E-state index in [1.165, 1.54) is 25.4 Å². The molecule has 19 heavy (non-hydrogen) atoms. The van der Waals surface area contributed by atoms with E-state index < -0.39 is 15.8 Å². The van der Waals surface area contributed by atoms with Crippen LogP contribution in [0, 0.1) is 12.7 Å². The van der Waals surface area contributed by atoms with E-state index in [0.29, 0.717) is 5.82 Å². The minimum Gasteiger partial charge on any atom is -0.494 e. The Balaban J connectivity index is 2.28. The number of H-pyrrole nitrogens is 1. The summed E-state index contributed by atoms with van der Waals surface area (Å²) in [5.74, 6) is -0.134. The molecule has 1 heterocycles. The molecule has 0 saturated carbocycles. The van der Waals surface area contributed by atoms with Crippen LogP contribution in [0.5, 0.6) is 5.75 Å². The highest BCUT2D eigenvalue weighted by atomic mass is 32.2. The second-order valence-electron chi connectivity index (χ2n) is 3.79. The number of aryl methyl sites for hydroxylation is 1. The fraction of sp³-hybridized carbons (Fsp3) is 0.182. The third-order valence-electron chi connectivity index (χ3n) is 2.37. The lowest BCUT2D eigenvalue weighted by Gasteiger charge is -2.08. The maximum Gasteiger partial charge on any atom is 0.278 e. The quantitative estimate of drug-likeness (QED) is 0.895. The Morgan fingerprint density at radius 2 is 2.16 bits per heavy atom. The Morgan fingerprint density at radius 3 is 2.68 bits per heavy atom. The Bertz CT molecular complexity index is 697. The molecule has 0 unspecified atom stereocenters. The predicted molar refractivity (Wildman–Crippen MR) is 67.1 cm³/mol. The van der Waals surface area contributed by atoms with Gasteiger partial charge in [-0.1, -0.05) is 0 Å². The third kappa shape index (κ3) is 2.84. The van der Waals surface area contributed by atoms with E-state index in [9.17, 15) is 12.8 Å². The van der Waals surface area contributed by atoms with Crippen LogP contribution in [0.1, 0.15) is 5.82 Å². The number of rotatable bonds is 4. The van der Waals surface area contributed by atoms with Crippen molar-refractivity contribution in [1.29, 1.82) is 0 Å². The number of ether oxygens (including phenoxy) is 1. The summed E-state index contributed by atoms with van der Waals surface area (Å²) in [7, 11) is -2.48. The molecule has 1 aromatic heterocycles. The van der Waals surface area contributed by atoms with Crippen molar-refractivity contribution >= 4 is 15.7 Å². The molecule has 0 aliphatic heterocycles. The summed E-state index contributed by atoms with van der Waals surface area (Å²) >= 11 is 0. The first-order chi connectivity index (χ1) is 8.92. The number of anilines is 1. The van der Waals surface area contributed by atoms with Gasteiger partial charge in [-0.15, -0.1) is 0 Å². The van der Waals surface area contributed by atoms with Gasteiger partial charge in [0.2, 0.25) is 0 Å². The van der Waals surface area contributed by atoms with Crippen LogP contribution in [0.2, 0.25) is 0 Å². The van der Waals surface area contributed by atoms with Crippen LogP contribution in [0.3, 0.4) is 0 Å². The van der Waals surface area contributed by atoms with Gasteiger partial charge in [-0.25, -0.2) is 9.37 Å². The van der Waals surface area contributed by atoms with Crippen LogP contribution in [0.25, 0.3) is 0 Å². The van der Waals surface area contributed by atoms with Crippen molar-refractivity contribution in [3.63, 3.8) is 0 Å². The fourth-order valence-corrected chi connectivity index (χ4v) is 2.50. The molecule has 0 fully saturated rings. The Morgan fingerprint density at radius 1 is 1.42 bits per heavy atom. The number of aromatic nitrogens is 2. The summed E-state index contributed by atoms with van der Waals surface area (Å²) in [5.41, 5.74) is 0.102. The summed E-state index contributed by atoms with van der Waals surface area (Å²) in [6.07, 6.45) is 1.19. The van der Waals surface area contributed by atoms with Gasteiger partial charge in [-0.3, -0.25) is 4.72 Å².